The first kappa shape index (κ1) is 21.1. The minimum Gasteiger partial charge on any atom is -0.480 e. The van der Waals surface area contributed by atoms with Crippen LogP contribution in [-0.4, -0.2) is 35.6 Å². The summed E-state index contributed by atoms with van der Waals surface area (Å²) < 4.78 is 78.9. The summed E-state index contributed by atoms with van der Waals surface area (Å²) in [6.45, 7) is 3.47. The van der Waals surface area contributed by atoms with Crippen LogP contribution in [0.25, 0.3) is 0 Å². The molecular weight excluding hydrogens is 356 g/mol. The maximum Gasteiger partial charge on any atom is 0.439 e. The molecule has 10 heteroatoms. The molecule has 0 amide bonds. The Morgan fingerprint density at radius 3 is 2.08 bits per heavy atom. The van der Waals surface area contributed by atoms with Crippen LogP contribution < -0.4 is 10.1 Å². The summed E-state index contributed by atoms with van der Waals surface area (Å²) in [5.41, 5.74) is 0.482. The minimum absolute atomic E-state index is 0.0834. The normalized spacial score (nSPS) is 15.1. The molecule has 0 fully saturated rings. The molecule has 0 aliphatic rings. The largest absolute Gasteiger partial charge is 0.480 e. The van der Waals surface area contributed by atoms with E-state index in [4.69, 9.17) is 5.11 Å². The predicted molar refractivity (Wildman–Crippen MR) is 76.1 cm³/mol. The minimum atomic E-state index is -5.75. The van der Waals surface area contributed by atoms with Gasteiger partial charge >= 0.3 is 18.3 Å². The average molecular weight is 373 g/mol. The maximum atomic E-state index is 13.1. The summed E-state index contributed by atoms with van der Waals surface area (Å²) in [4.78, 5) is 11.0. The van der Waals surface area contributed by atoms with Crippen molar-refractivity contribution in [3.8, 4) is 5.75 Å². The Kier molecular flexibility index (Phi) is 6.69. The van der Waals surface area contributed by atoms with Crippen LogP contribution in [0.2, 0.25) is 0 Å². The van der Waals surface area contributed by atoms with Gasteiger partial charge in [0.1, 0.15) is 11.8 Å². The summed E-state index contributed by atoms with van der Waals surface area (Å²) in [6, 6.07) is 3.55. The second-order valence-electron chi connectivity index (χ2n) is 5.65. The Morgan fingerprint density at radius 2 is 1.68 bits per heavy atom. The molecule has 2 N–H and O–H groups in total. The second kappa shape index (κ2) is 7.94. The van der Waals surface area contributed by atoms with Crippen molar-refractivity contribution in [1.82, 2.24) is 5.32 Å². The molecule has 0 spiro atoms. The van der Waals surface area contributed by atoms with Crippen LogP contribution in [0.5, 0.6) is 5.75 Å². The van der Waals surface area contributed by atoms with E-state index in [1.54, 1.807) is 13.8 Å². The van der Waals surface area contributed by atoms with Crippen molar-refractivity contribution in [3.63, 3.8) is 0 Å². The van der Waals surface area contributed by atoms with E-state index in [0.717, 1.165) is 12.1 Å². The molecule has 0 saturated heterocycles. The first-order chi connectivity index (χ1) is 11.3. The van der Waals surface area contributed by atoms with Crippen molar-refractivity contribution in [1.29, 1.82) is 0 Å². The highest BCUT2D eigenvalue weighted by atomic mass is 19.4. The van der Waals surface area contributed by atoms with Gasteiger partial charge in [-0.05, 0) is 23.6 Å². The number of alkyl halides is 6. The standard InChI is InChI=1S/C15H17F6NO3/c1-8(2)11(12(23)24)22-7-9-3-5-10(6-4-9)25-15(20,21)13(16)14(17,18)19/h3-6,8,11,13,22H,7H2,1-2H3,(H,23,24)/t11-,13?/m1/s1. The lowest BCUT2D eigenvalue weighted by Gasteiger charge is -2.23. The fourth-order valence-corrected chi connectivity index (χ4v) is 1.91. The molecule has 2 atom stereocenters. The molecule has 142 valence electrons. The number of ether oxygens (including phenoxy) is 1. The number of nitrogens with one attached hydrogen (secondary N) is 1. The molecule has 0 aliphatic heterocycles. The van der Waals surface area contributed by atoms with Gasteiger partial charge in [-0.1, -0.05) is 26.0 Å². The Hall–Kier alpha value is -1.97. The van der Waals surface area contributed by atoms with E-state index >= 15 is 0 Å². The quantitative estimate of drug-likeness (QED) is 0.682. The molecule has 0 saturated carbocycles. The number of hydrogen-bond donors (Lipinski definition) is 2. The first-order valence-corrected chi connectivity index (χ1v) is 7.17. The Morgan fingerprint density at radius 1 is 1.16 bits per heavy atom. The predicted octanol–water partition coefficient (Wildman–Crippen LogP) is 3.76. The highest BCUT2D eigenvalue weighted by Crippen LogP contribution is 2.36. The van der Waals surface area contributed by atoms with Crippen LogP contribution in [0.15, 0.2) is 24.3 Å². The average Bonchev–Trinajstić information content (AvgIpc) is 2.46. The molecule has 4 nitrogen and oxygen atoms in total. The monoisotopic (exact) mass is 373 g/mol. The zero-order valence-corrected chi connectivity index (χ0v) is 13.3. The van der Waals surface area contributed by atoms with E-state index in [1.165, 1.54) is 12.1 Å². The van der Waals surface area contributed by atoms with Gasteiger partial charge < -0.3 is 15.2 Å². The van der Waals surface area contributed by atoms with Crippen LogP contribution in [-0.2, 0) is 11.3 Å². The zero-order chi connectivity index (χ0) is 19.4. The summed E-state index contributed by atoms with van der Waals surface area (Å²) in [6.07, 6.45) is -15.3. The third kappa shape index (κ3) is 6.11. The van der Waals surface area contributed by atoms with Crippen molar-refractivity contribution < 1.29 is 41.0 Å². The second-order valence-corrected chi connectivity index (χ2v) is 5.65. The lowest BCUT2D eigenvalue weighted by molar-refractivity contribution is -0.304. The summed E-state index contributed by atoms with van der Waals surface area (Å²) in [7, 11) is 0. The molecule has 0 aliphatic carbocycles. The third-order valence-electron chi connectivity index (χ3n) is 3.22. The van der Waals surface area contributed by atoms with Crippen LogP contribution in [0.4, 0.5) is 26.3 Å². The first-order valence-electron chi connectivity index (χ1n) is 7.17. The Bertz CT molecular complexity index is 574. The molecular formula is C15H17F6NO3. The lowest BCUT2D eigenvalue weighted by Crippen LogP contribution is -2.45. The van der Waals surface area contributed by atoms with E-state index in [0.29, 0.717) is 5.56 Å². The highest BCUT2D eigenvalue weighted by molar-refractivity contribution is 5.73. The van der Waals surface area contributed by atoms with Gasteiger partial charge in [-0.25, -0.2) is 4.39 Å². The van der Waals surface area contributed by atoms with Crippen LogP contribution in [0.3, 0.4) is 0 Å². The van der Waals surface area contributed by atoms with Gasteiger partial charge in [0, 0.05) is 6.54 Å². The van der Waals surface area contributed by atoms with Crippen molar-refractivity contribution >= 4 is 5.97 Å². The summed E-state index contributed by atoms with van der Waals surface area (Å²) in [5, 5.41) is 11.8. The van der Waals surface area contributed by atoms with Crippen LogP contribution in [0, 0.1) is 5.92 Å². The number of carboxylic acid groups (broad SMARTS) is 1. The smallest absolute Gasteiger partial charge is 0.439 e. The molecule has 0 aromatic heterocycles. The van der Waals surface area contributed by atoms with E-state index in [-0.39, 0.29) is 12.5 Å². The molecule has 1 unspecified atom stereocenters. The lowest BCUT2D eigenvalue weighted by atomic mass is 10.0. The number of carboxylic acids is 1. The molecule has 25 heavy (non-hydrogen) atoms. The van der Waals surface area contributed by atoms with Crippen molar-refractivity contribution in [2.75, 3.05) is 0 Å². The van der Waals surface area contributed by atoms with Crippen molar-refractivity contribution in [3.05, 3.63) is 29.8 Å². The van der Waals surface area contributed by atoms with Crippen LogP contribution in [0.1, 0.15) is 19.4 Å². The number of hydrogen-bond acceptors (Lipinski definition) is 3. The number of carbonyl (C=O) groups is 1. The summed E-state index contributed by atoms with van der Waals surface area (Å²) in [5.74, 6) is -1.92. The zero-order valence-electron chi connectivity index (χ0n) is 13.3. The third-order valence-corrected chi connectivity index (χ3v) is 3.22. The van der Waals surface area contributed by atoms with Gasteiger partial charge in [0.2, 0.25) is 0 Å². The molecule has 0 bridgehead atoms. The van der Waals surface area contributed by atoms with Gasteiger partial charge in [-0.3, -0.25) is 4.79 Å². The molecule has 1 aromatic carbocycles. The van der Waals surface area contributed by atoms with E-state index in [1.807, 2.05) is 0 Å². The molecule has 1 aromatic rings. The SMILES string of the molecule is CC(C)[C@@H](NCc1ccc(OC(F)(F)C(F)C(F)(F)F)cc1)C(=O)O. The van der Waals surface area contributed by atoms with Crippen molar-refractivity contribution in [2.45, 2.75) is 44.9 Å². The highest BCUT2D eigenvalue weighted by Gasteiger charge is 2.59. The van der Waals surface area contributed by atoms with E-state index in [2.05, 4.69) is 10.1 Å². The number of aliphatic carboxylic acids is 1. The van der Waals surface area contributed by atoms with E-state index in [9.17, 15) is 31.1 Å². The van der Waals surface area contributed by atoms with E-state index < -0.39 is 36.2 Å². The molecule has 0 radical (unpaired) electrons. The maximum absolute atomic E-state index is 13.1. The van der Waals surface area contributed by atoms with Crippen molar-refractivity contribution in [2.24, 2.45) is 5.92 Å². The Balaban J connectivity index is 2.72. The van der Waals surface area contributed by atoms with Gasteiger partial charge in [0.05, 0.1) is 0 Å². The molecule has 1 rings (SSSR count). The Labute approximate surface area is 139 Å². The van der Waals surface area contributed by atoms with Gasteiger partial charge in [-0.2, -0.15) is 22.0 Å². The number of benzene rings is 1. The topological polar surface area (TPSA) is 58.6 Å². The number of halogens is 6. The van der Waals surface area contributed by atoms with Crippen LogP contribution >= 0.6 is 0 Å². The fourth-order valence-electron chi connectivity index (χ4n) is 1.91. The molecule has 0 heterocycles. The van der Waals surface area contributed by atoms with Gasteiger partial charge in [0.25, 0.3) is 6.17 Å². The fraction of sp³-hybridized carbons (Fsp3) is 0.533. The number of rotatable bonds is 8. The van der Waals surface area contributed by atoms with Gasteiger partial charge in [-0.15, -0.1) is 0 Å². The van der Waals surface area contributed by atoms with Gasteiger partial charge in [0.15, 0.2) is 0 Å². The summed E-state index contributed by atoms with van der Waals surface area (Å²) >= 11 is 0.